The molecule has 0 saturated carbocycles. The number of hydrogen-bond donors (Lipinski definition) is 1. The fourth-order valence-electron chi connectivity index (χ4n) is 4.07. The summed E-state index contributed by atoms with van der Waals surface area (Å²) >= 11 is 0. The van der Waals surface area contributed by atoms with Crippen molar-refractivity contribution < 1.29 is 9.32 Å². The Morgan fingerprint density at radius 3 is 2.56 bits per heavy atom. The molecule has 0 unspecified atom stereocenters. The SMILES string of the molecule is CC(C)(C)c1noc(-c2ccccc2C(=O)N2CCC3(CCNC3)CC2)n1. The van der Waals surface area contributed by atoms with E-state index in [2.05, 4.69) is 15.5 Å². The van der Waals surface area contributed by atoms with Gasteiger partial charge in [-0.05, 0) is 43.4 Å². The summed E-state index contributed by atoms with van der Waals surface area (Å²) in [5.74, 6) is 1.12. The van der Waals surface area contributed by atoms with Gasteiger partial charge in [-0.1, -0.05) is 38.1 Å². The van der Waals surface area contributed by atoms with Crippen LogP contribution in [-0.4, -0.2) is 47.1 Å². The maximum absolute atomic E-state index is 13.2. The van der Waals surface area contributed by atoms with Gasteiger partial charge in [0.25, 0.3) is 11.8 Å². The van der Waals surface area contributed by atoms with Gasteiger partial charge in [0.2, 0.25) is 0 Å². The molecule has 1 aromatic heterocycles. The van der Waals surface area contributed by atoms with Gasteiger partial charge in [-0.15, -0.1) is 0 Å². The van der Waals surface area contributed by atoms with Crippen molar-refractivity contribution in [3.05, 3.63) is 35.7 Å². The number of benzene rings is 1. The number of aromatic nitrogens is 2. The number of rotatable bonds is 2. The molecule has 4 rings (SSSR count). The molecule has 3 heterocycles. The van der Waals surface area contributed by atoms with E-state index in [0.29, 0.717) is 28.3 Å². The Morgan fingerprint density at radius 1 is 1.19 bits per heavy atom. The van der Waals surface area contributed by atoms with E-state index in [0.717, 1.165) is 39.0 Å². The molecule has 144 valence electrons. The predicted octanol–water partition coefficient (Wildman–Crippen LogP) is 3.25. The summed E-state index contributed by atoms with van der Waals surface area (Å²) in [7, 11) is 0. The number of carbonyl (C=O) groups excluding carboxylic acids is 1. The van der Waals surface area contributed by atoms with Crippen LogP contribution in [0.3, 0.4) is 0 Å². The summed E-state index contributed by atoms with van der Waals surface area (Å²) in [6, 6.07) is 7.55. The topological polar surface area (TPSA) is 71.3 Å². The van der Waals surface area contributed by atoms with Crippen molar-refractivity contribution in [2.75, 3.05) is 26.2 Å². The highest BCUT2D eigenvalue weighted by molar-refractivity contribution is 6.00. The van der Waals surface area contributed by atoms with Crippen molar-refractivity contribution in [3.8, 4) is 11.5 Å². The first-order valence-electron chi connectivity index (χ1n) is 9.82. The van der Waals surface area contributed by atoms with Crippen LogP contribution in [0.15, 0.2) is 28.8 Å². The highest BCUT2D eigenvalue weighted by atomic mass is 16.5. The van der Waals surface area contributed by atoms with E-state index in [1.54, 1.807) is 0 Å². The second-order valence-corrected chi connectivity index (χ2v) is 8.94. The van der Waals surface area contributed by atoms with E-state index in [-0.39, 0.29) is 11.3 Å². The lowest BCUT2D eigenvalue weighted by molar-refractivity contribution is 0.0608. The van der Waals surface area contributed by atoms with Crippen molar-refractivity contribution in [2.24, 2.45) is 5.41 Å². The monoisotopic (exact) mass is 368 g/mol. The minimum atomic E-state index is -0.197. The fourth-order valence-corrected chi connectivity index (χ4v) is 4.07. The van der Waals surface area contributed by atoms with Gasteiger partial charge in [-0.25, -0.2) is 0 Å². The molecule has 1 spiro atoms. The number of carbonyl (C=O) groups is 1. The molecule has 27 heavy (non-hydrogen) atoms. The van der Waals surface area contributed by atoms with Gasteiger partial charge < -0.3 is 14.7 Å². The summed E-state index contributed by atoms with van der Waals surface area (Å²) in [5.41, 5.74) is 1.55. The maximum Gasteiger partial charge on any atom is 0.258 e. The average molecular weight is 368 g/mol. The Morgan fingerprint density at radius 2 is 1.93 bits per heavy atom. The third-order valence-corrected chi connectivity index (χ3v) is 5.93. The van der Waals surface area contributed by atoms with E-state index >= 15 is 0 Å². The molecule has 6 heteroatoms. The van der Waals surface area contributed by atoms with E-state index in [1.165, 1.54) is 6.42 Å². The quantitative estimate of drug-likeness (QED) is 0.881. The van der Waals surface area contributed by atoms with Gasteiger partial charge in [0.05, 0.1) is 11.1 Å². The molecule has 0 aliphatic carbocycles. The first-order valence-corrected chi connectivity index (χ1v) is 9.82. The van der Waals surface area contributed by atoms with Crippen LogP contribution in [0.4, 0.5) is 0 Å². The second kappa shape index (κ2) is 6.75. The highest BCUT2D eigenvalue weighted by Gasteiger charge is 2.38. The van der Waals surface area contributed by atoms with Gasteiger partial charge in [-0.3, -0.25) is 4.79 Å². The van der Waals surface area contributed by atoms with E-state index in [4.69, 9.17) is 4.52 Å². The van der Waals surface area contributed by atoms with Crippen LogP contribution < -0.4 is 5.32 Å². The smallest absolute Gasteiger partial charge is 0.258 e. The van der Waals surface area contributed by atoms with Crippen molar-refractivity contribution in [2.45, 2.75) is 45.4 Å². The molecule has 2 saturated heterocycles. The molecule has 6 nitrogen and oxygen atoms in total. The van der Waals surface area contributed by atoms with Crippen LogP contribution in [0.25, 0.3) is 11.5 Å². The third-order valence-electron chi connectivity index (χ3n) is 5.93. The summed E-state index contributed by atoms with van der Waals surface area (Å²) in [4.78, 5) is 19.7. The number of nitrogens with zero attached hydrogens (tertiary/aromatic N) is 3. The van der Waals surface area contributed by atoms with Crippen LogP contribution in [0.2, 0.25) is 0 Å². The van der Waals surface area contributed by atoms with Crippen LogP contribution in [0, 0.1) is 5.41 Å². The minimum absolute atomic E-state index is 0.0573. The number of piperidine rings is 1. The van der Waals surface area contributed by atoms with Crippen LogP contribution in [0.5, 0.6) is 0 Å². The van der Waals surface area contributed by atoms with Crippen LogP contribution in [-0.2, 0) is 5.41 Å². The zero-order valence-electron chi connectivity index (χ0n) is 16.4. The van der Waals surface area contributed by atoms with Crippen LogP contribution in [0.1, 0.15) is 56.2 Å². The minimum Gasteiger partial charge on any atom is -0.339 e. The summed E-state index contributed by atoms with van der Waals surface area (Å²) < 4.78 is 5.49. The Hall–Kier alpha value is -2.21. The lowest BCUT2D eigenvalue weighted by atomic mass is 9.77. The lowest BCUT2D eigenvalue weighted by Crippen LogP contribution is -2.44. The number of nitrogens with one attached hydrogen (secondary N) is 1. The van der Waals surface area contributed by atoms with Gasteiger partial charge >= 0.3 is 0 Å². The standard InChI is InChI=1S/C21H28N4O2/c1-20(2,3)19-23-17(27-24-19)15-6-4-5-7-16(15)18(26)25-12-9-21(10-13-25)8-11-22-14-21/h4-7,22H,8-14H2,1-3H3. The summed E-state index contributed by atoms with van der Waals surface area (Å²) in [6.07, 6.45) is 3.37. The predicted molar refractivity (Wildman–Crippen MR) is 103 cm³/mol. The molecule has 0 radical (unpaired) electrons. The van der Waals surface area contributed by atoms with Gasteiger partial charge in [0.1, 0.15) is 0 Å². The Labute approximate surface area is 160 Å². The molecule has 2 aromatic rings. The zero-order valence-corrected chi connectivity index (χ0v) is 16.4. The summed E-state index contributed by atoms with van der Waals surface area (Å²) in [5, 5.41) is 7.58. The molecule has 1 amide bonds. The average Bonchev–Trinajstić information content (AvgIpc) is 3.32. The lowest BCUT2D eigenvalue weighted by Gasteiger charge is -2.39. The van der Waals surface area contributed by atoms with E-state index in [9.17, 15) is 4.79 Å². The van der Waals surface area contributed by atoms with Gasteiger partial charge in [0.15, 0.2) is 5.82 Å². The molecule has 1 aromatic carbocycles. The Bertz CT molecular complexity index is 821. The molecular weight excluding hydrogens is 340 g/mol. The molecule has 2 aliphatic heterocycles. The number of amides is 1. The fraction of sp³-hybridized carbons (Fsp3) is 0.571. The van der Waals surface area contributed by atoms with Crippen molar-refractivity contribution in [3.63, 3.8) is 0 Å². The second-order valence-electron chi connectivity index (χ2n) is 8.94. The molecular formula is C21H28N4O2. The van der Waals surface area contributed by atoms with Crippen LogP contribution >= 0.6 is 0 Å². The molecule has 0 atom stereocenters. The number of likely N-dealkylation sites (tertiary alicyclic amines) is 1. The van der Waals surface area contributed by atoms with Crippen molar-refractivity contribution in [1.82, 2.24) is 20.4 Å². The van der Waals surface area contributed by atoms with Gasteiger partial charge in [0, 0.05) is 25.0 Å². The first kappa shape index (κ1) is 18.2. The molecule has 2 fully saturated rings. The molecule has 1 N–H and O–H groups in total. The molecule has 2 aliphatic rings. The van der Waals surface area contributed by atoms with Gasteiger partial charge in [-0.2, -0.15) is 4.98 Å². The van der Waals surface area contributed by atoms with E-state index in [1.807, 2.05) is 49.9 Å². The van der Waals surface area contributed by atoms with E-state index < -0.39 is 0 Å². The Kier molecular flexibility index (Phi) is 4.54. The largest absolute Gasteiger partial charge is 0.339 e. The zero-order chi connectivity index (χ0) is 19.1. The van der Waals surface area contributed by atoms with Crippen molar-refractivity contribution >= 4 is 5.91 Å². The number of hydrogen-bond acceptors (Lipinski definition) is 5. The third kappa shape index (κ3) is 3.50. The normalized spacial score (nSPS) is 19.6. The maximum atomic E-state index is 13.2. The van der Waals surface area contributed by atoms with Crippen molar-refractivity contribution in [1.29, 1.82) is 0 Å². The Balaban J connectivity index is 1.56. The first-order chi connectivity index (χ1) is 12.9. The molecule has 0 bridgehead atoms. The summed E-state index contributed by atoms with van der Waals surface area (Å²) in [6.45, 7) is 9.94. The highest BCUT2D eigenvalue weighted by Crippen LogP contribution is 2.37.